The number of nitrogens with one attached hydrogen (secondary N) is 2. The van der Waals surface area contributed by atoms with Gasteiger partial charge in [-0.2, -0.15) is 0 Å². The molecule has 3 aromatic rings. The smallest absolute Gasteiger partial charge is 0.251 e. The molecule has 0 saturated carbocycles. The number of amides is 1. The SMILES string of the molecule is COc1ccc(-c2cnc(SCCNC(=O)c3ccc(Br)cc3)[nH]2)cc1. The van der Waals surface area contributed by atoms with E-state index in [2.05, 4.69) is 31.2 Å². The van der Waals surface area contributed by atoms with Crippen molar-refractivity contribution in [1.29, 1.82) is 0 Å². The highest BCUT2D eigenvalue weighted by Gasteiger charge is 2.06. The van der Waals surface area contributed by atoms with E-state index in [0.717, 1.165) is 32.4 Å². The number of aromatic nitrogens is 2. The monoisotopic (exact) mass is 431 g/mol. The van der Waals surface area contributed by atoms with Gasteiger partial charge in [-0.25, -0.2) is 4.98 Å². The lowest BCUT2D eigenvalue weighted by Gasteiger charge is -2.04. The Morgan fingerprint density at radius 2 is 1.92 bits per heavy atom. The fraction of sp³-hybridized carbons (Fsp3) is 0.158. The van der Waals surface area contributed by atoms with Gasteiger partial charge in [0.15, 0.2) is 5.16 Å². The van der Waals surface area contributed by atoms with Crippen LogP contribution in [0, 0.1) is 0 Å². The average Bonchev–Trinajstić information content (AvgIpc) is 3.14. The van der Waals surface area contributed by atoms with Gasteiger partial charge in [0.1, 0.15) is 5.75 Å². The van der Waals surface area contributed by atoms with Crippen molar-refractivity contribution in [2.24, 2.45) is 0 Å². The molecular formula is C19H18BrN3O2S. The summed E-state index contributed by atoms with van der Waals surface area (Å²) in [4.78, 5) is 19.7. The summed E-state index contributed by atoms with van der Waals surface area (Å²) in [7, 11) is 1.65. The van der Waals surface area contributed by atoms with Crippen LogP contribution in [0.4, 0.5) is 0 Å². The maximum atomic E-state index is 12.0. The van der Waals surface area contributed by atoms with Crippen LogP contribution in [0.25, 0.3) is 11.3 Å². The number of rotatable bonds is 7. The van der Waals surface area contributed by atoms with Crippen molar-refractivity contribution in [2.45, 2.75) is 5.16 Å². The highest BCUT2D eigenvalue weighted by molar-refractivity contribution is 9.10. The van der Waals surface area contributed by atoms with Crippen molar-refractivity contribution in [3.05, 3.63) is 64.8 Å². The first-order valence-electron chi connectivity index (χ1n) is 8.02. The Morgan fingerprint density at radius 3 is 2.62 bits per heavy atom. The van der Waals surface area contributed by atoms with Gasteiger partial charge in [-0.1, -0.05) is 27.7 Å². The summed E-state index contributed by atoms with van der Waals surface area (Å²) in [6, 6.07) is 15.1. The minimum absolute atomic E-state index is 0.0727. The molecule has 0 spiro atoms. The minimum Gasteiger partial charge on any atom is -0.497 e. The molecule has 0 aliphatic heterocycles. The topological polar surface area (TPSA) is 67.0 Å². The Balaban J connectivity index is 1.47. The Kier molecular flexibility index (Phi) is 6.35. The molecule has 0 saturated heterocycles. The van der Waals surface area contributed by atoms with E-state index in [-0.39, 0.29) is 5.91 Å². The lowest BCUT2D eigenvalue weighted by atomic mass is 10.2. The zero-order valence-electron chi connectivity index (χ0n) is 14.2. The summed E-state index contributed by atoms with van der Waals surface area (Å²) >= 11 is 4.93. The standard InChI is InChI=1S/C19H18BrN3O2S/c1-25-16-8-4-13(5-9-16)17-12-22-19(23-17)26-11-10-21-18(24)14-2-6-15(20)7-3-14/h2-9,12H,10-11H2,1H3,(H,21,24)(H,22,23). The van der Waals surface area contributed by atoms with E-state index in [1.165, 1.54) is 0 Å². The molecule has 3 rings (SSSR count). The zero-order chi connectivity index (χ0) is 18.4. The fourth-order valence-corrected chi connectivity index (χ4v) is 3.28. The molecule has 0 unspecified atom stereocenters. The molecule has 0 aliphatic carbocycles. The number of hydrogen-bond acceptors (Lipinski definition) is 4. The maximum absolute atomic E-state index is 12.0. The van der Waals surface area contributed by atoms with Crippen molar-refractivity contribution in [3.8, 4) is 17.0 Å². The maximum Gasteiger partial charge on any atom is 0.251 e. The lowest BCUT2D eigenvalue weighted by molar-refractivity contribution is 0.0956. The summed E-state index contributed by atoms with van der Waals surface area (Å²) in [5.41, 5.74) is 2.65. The van der Waals surface area contributed by atoms with E-state index in [9.17, 15) is 4.79 Å². The quantitative estimate of drug-likeness (QED) is 0.430. The van der Waals surface area contributed by atoms with E-state index >= 15 is 0 Å². The number of nitrogens with zero attached hydrogens (tertiary/aromatic N) is 1. The van der Waals surface area contributed by atoms with Crippen LogP contribution in [-0.4, -0.2) is 35.3 Å². The number of ether oxygens (including phenoxy) is 1. The van der Waals surface area contributed by atoms with Crippen molar-refractivity contribution in [3.63, 3.8) is 0 Å². The van der Waals surface area contributed by atoms with Crippen LogP contribution in [0.2, 0.25) is 0 Å². The predicted octanol–water partition coefficient (Wildman–Crippen LogP) is 4.37. The molecular weight excluding hydrogens is 414 g/mol. The summed E-state index contributed by atoms with van der Waals surface area (Å²) < 4.78 is 6.12. The molecule has 0 aliphatic rings. The number of imidazole rings is 1. The Labute approximate surface area is 164 Å². The molecule has 26 heavy (non-hydrogen) atoms. The predicted molar refractivity (Wildman–Crippen MR) is 108 cm³/mol. The number of carbonyl (C=O) groups excluding carboxylic acids is 1. The average molecular weight is 432 g/mol. The highest BCUT2D eigenvalue weighted by atomic mass is 79.9. The molecule has 0 radical (unpaired) electrons. The van der Waals surface area contributed by atoms with E-state index in [1.54, 1.807) is 31.0 Å². The van der Waals surface area contributed by atoms with Crippen LogP contribution in [0.3, 0.4) is 0 Å². The number of H-pyrrole nitrogens is 1. The third-order valence-electron chi connectivity index (χ3n) is 3.69. The number of thioether (sulfide) groups is 1. The highest BCUT2D eigenvalue weighted by Crippen LogP contribution is 2.23. The van der Waals surface area contributed by atoms with Crippen molar-refractivity contribution in [2.75, 3.05) is 19.4 Å². The fourth-order valence-electron chi connectivity index (χ4n) is 2.31. The summed E-state index contributed by atoms with van der Waals surface area (Å²) in [5.74, 6) is 1.48. The number of benzene rings is 2. The van der Waals surface area contributed by atoms with Gasteiger partial charge in [0.05, 0.1) is 19.0 Å². The van der Waals surface area contributed by atoms with E-state index in [4.69, 9.17) is 4.74 Å². The van der Waals surface area contributed by atoms with Crippen molar-refractivity contribution >= 4 is 33.6 Å². The number of aromatic amines is 1. The normalized spacial score (nSPS) is 10.5. The second-order valence-corrected chi connectivity index (χ2v) is 7.44. The third-order valence-corrected chi connectivity index (χ3v) is 5.10. The van der Waals surface area contributed by atoms with Crippen LogP contribution in [0.15, 0.2) is 64.4 Å². The molecule has 2 N–H and O–H groups in total. The van der Waals surface area contributed by atoms with Crippen molar-refractivity contribution in [1.82, 2.24) is 15.3 Å². The van der Waals surface area contributed by atoms with Gasteiger partial charge in [0, 0.05) is 22.3 Å². The number of hydrogen-bond donors (Lipinski definition) is 2. The minimum atomic E-state index is -0.0727. The molecule has 0 bridgehead atoms. The first kappa shape index (κ1) is 18.5. The Bertz CT molecular complexity index is 863. The molecule has 1 amide bonds. The summed E-state index contributed by atoms with van der Waals surface area (Å²) in [6.07, 6.45) is 1.81. The van der Waals surface area contributed by atoms with E-state index < -0.39 is 0 Å². The first-order valence-corrected chi connectivity index (χ1v) is 9.79. The Morgan fingerprint density at radius 1 is 1.19 bits per heavy atom. The van der Waals surface area contributed by atoms with Gasteiger partial charge in [0.25, 0.3) is 5.91 Å². The molecule has 0 fully saturated rings. The van der Waals surface area contributed by atoms with Gasteiger partial charge < -0.3 is 15.0 Å². The molecule has 0 atom stereocenters. The van der Waals surface area contributed by atoms with Crippen molar-refractivity contribution < 1.29 is 9.53 Å². The van der Waals surface area contributed by atoms with E-state index in [0.29, 0.717) is 12.1 Å². The molecule has 1 heterocycles. The number of halogens is 1. The number of methoxy groups -OCH3 is 1. The molecule has 7 heteroatoms. The summed E-state index contributed by atoms with van der Waals surface area (Å²) in [6.45, 7) is 0.568. The van der Waals surface area contributed by atoms with Crippen LogP contribution in [0.1, 0.15) is 10.4 Å². The van der Waals surface area contributed by atoms with Gasteiger partial charge in [-0.3, -0.25) is 4.79 Å². The largest absolute Gasteiger partial charge is 0.497 e. The van der Waals surface area contributed by atoms with Gasteiger partial charge in [0.2, 0.25) is 0 Å². The second-order valence-electron chi connectivity index (χ2n) is 5.44. The second kappa shape index (κ2) is 8.91. The Hall–Kier alpha value is -2.25. The van der Waals surface area contributed by atoms with Crippen LogP contribution in [-0.2, 0) is 0 Å². The summed E-state index contributed by atoms with van der Waals surface area (Å²) in [5, 5.41) is 3.74. The first-order chi connectivity index (χ1) is 12.7. The van der Waals surface area contributed by atoms with E-state index in [1.807, 2.05) is 42.6 Å². The van der Waals surface area contributed by atoms with Gasteiger partial charge >= 0.3 is 0 Å². The molecule has 2 aromatic carbocycles. The van der Waals surface area contributed by atoms with Gasteiger partial charge in [-0.05, 0) is 54.1 Å². The lowest BCUT2D eigenvalue weighted by Crippen LogP contribution is -2.25. The molecule has 1 aromatic heterocycles. The number of carbonyl (C=O) groups is 1. The van der Waals surface area contributed by atoms with Crippen LogP contribution >= 0.6 is 27.7 Å². The molecule has 134 valence electrons. The van der Waals surface area contributed by atoms with Gasteiger partial charge in [-0.15, -0.1) is 0 Å². The zero-order valence-corrected chi connectivity index (χ0v) is 16.6. The third kappa shape index (κ3) is 4.89. The van der Waals surface area contributed by atoms with Crippen LogP contribution in [0.5, 0.6) is 5.75 Å². The molecule has 5 nitrogen and oxygen atoms in total. The van der Waals surface area contributed by atoms with Crippen LogP contribution < -0.4 is 10.1 Å².